The quantitative estimate of drug-likeness (QED) is 0.301. The van der Waals surface area contributed by atoms with E-state index in [0.29, 0.717) is 13.2 Å². The van der Waals surface area contributed by atoms with E-state index in [2.05, 4.69) is 15.6 Å². The molecule has 120 valence electrons. The molecule has 6 heteroatoms. The molecule has 0 unspecified atom stereocenters. The third-order valence-electron chi connectivity index (χ3n) is 2.73. The van der Waals surface area contributed by atoms with E-state index >= 15 is 0 Å². The van der Waals surface area contributed by atoms with Crippen molar-refractivity contribution in [2.24, 2.45) is 4.99 Å². The summed E-state index contributed by atoms with van der Waals surface area (Å²) in [6.07, 6.45) is 4.37. The largest absolute Gasteiger partial charge is 0.385 e. The van der Waals surface area contributed by atoms with Crippen LogP contribution in [-0.4, -0.2) is 66.7 Å². The number of unbranched alkanes of at least 4 members (excludes halogenated alkanes) is 2. The fourth-order valence-electron chi connectivity index (χ4n) is 1.60. The average Bonchev–Trinajstić information content (AvgIpc) is 2.47. The lowest BCUT2D eigenvalue weighted by Crippen LogP contribution is -2.38. The molecule has 0 aliphatic heterocycles. The zero-order valence-corrected chi connectivity index (χ0v) is 13.2. The minimum atomic E-state index is 0.653. The van der Waals surface area contributed by atoms with Crippen LogP contribution in [0.2, 0.25) is 0 Å². The highest BCUT2D eigenvalue weighted by Crippen LogP contribution is 1.93. The van der Waals surface area contributed by atoms with Gasteiger partial charge >= 0.3 is 0 Å². The highest BCUT2D eigenvalue weighted by molar-refractivity contribution is 5.79. The van der Waals surface area contributed by atoms with Crippen molar-refractivity contribution in [2.45, 2.75) is 25.7 Å². The molecule has 0 radical (unpaired) electrons. The van der Waals surface area contributed by atoms with E-state index < -0.39 is 0 Å². The Bertz CT molecular complexity index is 226. The lowest BCUT2D eigenvalue weighted by atomic mass is 10.2. The van der Waals surface area contributed by atoms with E-state index in [9.17, 15) is 0 Å². The summed E-state index contributed by atoms with van der Waals surface area (Å²) < 4.78 is 15.3. The molecule has 0 atom stereocenters. The van der Waals surface area contributed by atoms with Gasteiger partial charge in [-0.3, -0.25) is 4.99 Å². The molecule has 0 saturated heterocycles. The summed E-state index contributed by atoms with van der Waals surface area (Å²) in [7, 11) is 5.20. The zero-order chi connectivity index (χ0) is 14.9. The van der Waals surface area contributed by atoms with Crippen LogP contribution in [-0.2, 0) is 14.2 Å². The highest BCUT2D eigenvalue weighted by atomic mass is 16.5. The lowest BCUT2D eigenvalue weighted by molar-refractivity contribution is 0.0698. The van der Waals surface area contributed by atoms with E-state index in [0.717, 1.165) is 51.5 Å². The first kappa shape index (κ1) is 19.1. The Balaban J connectivity index is 3.35. The number of nitrogens with zero attached hydrogens (tertiary/aromatic N) is 1. The van der Waals surface area contributed by atoms with Gasteiger partial charge in [0.25, 0.3) is 0 Å². The summed E-state index contributed by atoms with van der Waals surface area (Å²) in [4.78, 5) is 4.18. The third kappa shape index (κ3) is 13.6. The molecule has 0 heterocycles. The molecular weight excluding hydrogens is 258 g/mol. The molecule has 20 heavy (non-hydrogen) atoms. The van der Waals surface area contributed by atoms with Gasteiger partial charge in [-0.15, -0.1) is 0 Å². The number of hydrogen-bond donors (Lipinski definition) is 2. The van der Waals surface area contributed by atoms with Crippen LogP contribution >= 0.6 is 0 Å². The van der Waals surface area contributed by atoms with Crippen molar-refractivity contribution in [3.8, 4) is 0 Å². The molecule has 0 rings (SSSR count). The number of methoxy groups -OCH3 is 2. The first-order valence-electron chi connectivity index (χ1n) is 7.35. The molecule has 0 fully saturated rings. The van der Waals surface area contributed by atoms with Crippen molar-refractivity contribution in [1.29, 1.82) is 0 Å². The predicted octanol–water partition coefficient (Wildman–Crippen LogP) is 1.02. The number of ether oxygens (including phenoxy) is 3. The number of hydrogen-bond acceptors (Lipinski definition) is 4. The van der Waals surface area contributed by atoms with Crippen LogP contribution in [0.3, 0.4) is 0 Å². The topological polar surface area (TPSA) is 64.1 Å². The van der Waals surface area contributed by atoms with Crippen molar-refractivity contribution in [1.82, 2.24) is 10.6 Å². The Hall–Kier alpha value is -0.850. The fourth-order valence-corrected chi connectivity index (χ4v) is 1.60. The Kier molecular flexibility index (Phi) is 15.5. The Morgan fingerprint density at radius 1 is 0.800 bits per heavy atom. The molecule has 0 amide bonds. The Morgan fingerprint density at radius 2 is 1.50 bits per heavy atom. The minimum Gasteiger partial charge on any atom is -0.385 e. The molecule has 2 N–H and O–H groups in total. The van der Waals surface area contributed by atoms with E-state index in [1.54, 1.807) is 21.3 Å². The van der Waals surface area contributed by atoms with Crippen molar-refractivity contribution >= 4 is 5.96 Å². The highest BCUT2D eigenvalue weighted by Gasteiger charge is 1.96. The van der Waals surface area contributed by atoms with Gasteiger partial charge in [-0.1, -0.05) is 0 Å². The number of nitrogens with one attached hydrogen (secondary N) is 2. The van der Waals surface area contributed by atoms with Gasteiger partial charge in [0.2, 0.25) is 0 Å². The van der Waals surface area contributed by atoms with Crippen LogP contribution in [0.1, 0.15) is 25.7 Å². The fraction of sp³-hybridized carbons (Fsp3) is 0.929. The molecule has 0 spiro atoms. The van der Waals surface area contributed by atoms with Gasteiger partial charge in [-0.05, 0) is 25.7 Å². The van der Waals surface area contributed by atoms with Crippen molar-refractivity contribution < 1.29 is 14.2 Å². The first-order valence-corrected chi connectivity index (χ1v) is 7.35. The SMILES string of the molecule is CN=C(NCCCCCOC)NCCCOCCOC. The molecule has 0 aliphatic carbocycles. The number of guanidine groups is 1. The maximum atomic E-state index is 5.39. The molecular formula is C14H31N3O3. The van der Waals surface area contributed by atoms with Crippen LogP contribution in [0.15, 0.2) is 4.99 Å². The monoisotopic (exact) mass is 289 g/mol. The van der Waals surface area contributed by atoms with Gasteiger partial charge in [0.1, 0.15) is 0 Å². The molecule has 6 nitrogen and oxygen atoms in total. The van der Waals surface area contributed by atoms with Crippen molar-refractivity contribution in [3.63, 3.8) is 0 Å². The summed E-state index contributed by atoms with van der Waals surface area (Å²) in [5, 5.41) is 6.56. The number of rotatable bonds is 13. The molecule has 0 saturated carbocycles. The number of aliphatic imine (C=N–C) groups is 1. The van der Waals surface area contributed by atoms with Crippen LogP contribution in [0.25, 0.3) is 0 Å². The van der Waals surface area contributed by atoms with Gasteiger partial charge < -0.3 is 24.8 Å². The molecule has 0 aliphatic rings. The van der Waals surface area contributed by atoms with Gasteiger partial charge in [0, 0.05) is 47.6 Å². The minimum absolute atomic E-state index is 0.653. The smallest absolute Gasteiger partial charge is 0.190 e. The zero-order valence-electron chi connectivity index (χ0n) is 13.2. The van der Waals surface area contributed by atoms with Crippen LogP contribution in [0.5, 0.6) is 0 Å². The average molecular weight is 289 g/mol. The lowest BCUT2D eigenvalue weighted by Gasteiger charge is -2.11. The van der Waals surface area contributed by atoms with Gasteiger partial charge in [0.15, 0.2) is 5.96 Å². The first-order chi connectivity index (χ1) is 9.85. The summed E-state index contributed by atoms with van der Waals surface area (Å²) in [5.74, 6) is 0.855. The summed E-state index contributed by atoms with van der Waals surface area (Å²) >= 11 is 0. The summed E-state index contributed by atoms with van der Waals surface area (Å²) in [6, 6.07) is 0. The Labute approximate surface area is 123 Å². The van der Waals surface area contributed by atoms with E-state index in [1.165, 1.54) is 6.42 Å². The molecule has 0 bridgehead atoms. The van der Waals surface area contributed by atoms with Crippen molar-refractivity contribution in [3.05, 3.63) is 0 Å². The standard InChI is InChI=1S/C14H31N3O3/c1-15-14(16-8-5-4-6-10-18-2)17-9-7-11-20-13-12-19-3/h4-13H2,1-3H3,(H2,15,16,17). The van der Waals surface area contributed by atoms with E-state index in [-0.39, 0.29) is 0 Å². The predicted molar refractivity (Wildman–Crippen MR) is 82.4 cm³/mol. The molecule has 0 aromatic carbocycles. The van der Waals surface area contributed by atoms with E-state index in [4.69, 9.17) is 14.2 Å². The van der Waals surface area contributed by atoms with Crippen LogP contribution in [0, 0.1) is 0 Å². The molecule has 0 aromatic heterocycles. The second-order valence-electron chi connectivity index (χ2n) is 4.44. The van der Waals surface area contributed by atoms with Gasteiger partial charge in [0.05, 0.1) is 13.2 Å². The summed E-state index contributed by atoms with van der Waals surface area (Å²) in [6.45, 7) is 4.69. The Morgan fingerprint density at radius 3 is 2.15 bits per heavy atom. The summed E-state index contributed by atoms with van der Waals surface area (Å²) in [5.41, 5.74) is 0. The second kappa shape index (κ2) is 16.2. The second-order valence-corrected chi connectivity index (χ2v) is 4.44. The maximum absolute atomic E-state index is 5.39. The van der Waals surface area contributed by atoms with Gasteiger partial charge in [-0.2, -0.15) is 0 Å². The normalized spacial score (nSPS) is 11.7. The maximum Gasteiger partial charge on any atom is 0.190 e. The molecule has 0 aromatic rings. The van der Waals surface area contributed by atoms with Gasteiger partial charge in [-0.25, -0.2) is 0 Å². The van der Waals surface area contributed by atoms with E-state index in [1.807, 2.05) is 0 Å². The van der Waals surface area contributed by atoms with Crippen molar-refractivity contribution in [2.75, 3.05) is 60.8 Å². The van der Waals surface area contributed by atoms with Crippen LogP contribution < -0.4 is 10.6 Å². The third-order valence-corrected chi connectivity index (χ3v) is 2.73. The van der Waals surface area contributed by atoms with Crippen LogP contribution in [0.4, 0.5) is 0 Å².